The number of carboxylic acid groups (broad SMARTS) is 1. The average molecular weight is 300 g/mol. The van der Waals surface area contributed by atoms with Gasteiger partial charge in [-0.15, -0.1) is 0 Å². The van der Waals surface area contributed by atoms with Crippen molar-refractivity contribution in [2.45, 2.75) is 13.0 Å². The van der Waals surface area contributed by atoms with Gasteiger partial charge in [-0.2, -0.15) is 11.3 Å². The van der Waals surface area contributed by atoms with Crippen LogP contribution in [0.4, 0.5) is 0 Å². The van der Waals surface area contributed by atoms with Gasteiger partial charge in [0.2, 0.25) is 0 Å². The molecule has 0 aliphatic carbocycles. The number of halogens is 1. The number of carbonyl (C=O) groups is 1. The van der Waals surface area contributed by atoms with Gasteiger partial charge in [-0.25, -0.2) is 4.79 Å². The van der Waals surface area contributed by atoms with Gasteiger partial charge in [0.1, 0.15) is 5.69 Å². The van der Waals surface area contributed by atoms with E-state index in [1.54, 1.807) is 28.2 Å². The summed E-state index contributed by atoms with van der Waals surface area (Å²) in [6, 6.07) is 3.66. The van der Waals surface area contributed by atoms with Crippen LogP contribution in [-0.2, 0) is 0 Å². The van der Waals surface area contributed by atoms with Crippen molar-refractivity contribution in [2.24, 2.45) is 0 Å². The van der Waals surface area contributed by atoms with E-state index in [4.69, 9.17) is 5.11 Å². The van der Waals surface area contributed by atoms with Crippen LogP contribution >= 0.6 is 27.3 Å². The molecule has 1 unspecified atom stereocenters. The van der Waals surface area contributed by atoms with Crippen molar-refractivity contribution in [3.63, 3.8) is 0 Å². The summed E-state index contributed by atoms with van der Waals surface area (Å²) >= 11 is 4.91. The van der Waals surface area contributed by atoms with Crippen LogP contribution < -0.4 is 0 Å². The lowest BCUT2D eigenvalue weighted by Crippen LogP contribution is -2.12. The van der Waals surface area contributed by atoms with Gasteiger partial charge in [0, 0.05) is 10.7 Å². The first kappa shape index (κ1) is 11.4. The van der Waals surface area contributed by atoms with E-state index >= 15 is 0 Å². The Morgan fingerprint density at radius 3 is 2.94 bits per heavy atom. The fourth-order valence-corrected chi connectivity index (χ4v) is 2.80. The van der Waals surface area contributed by atoms with Crippen molar-refractivity contribution in [1.29, 1.82) is 0 Å². The number of hydrogen-bond acceptors (Lipinski definition) is 2. The van der Waals surface area contributed by atoms with Gasteiger partial charge >= 0.3 is 5.97 Å². The lowest BCUT2D eigenvalue weighted by atomic mass is 10.2. The summed E-state index contributed by atoms with van der Waals surface area (Å²) in [7, 11) is 0. The van der Waals surface area contributed by atoms with Crippen molar-refractivity contribution in [3.05, 3.63) is 44.8 Å². The summed E-state index contributed by atoms with van der Waals surface area (Å²) in [6.45, 7) is 1.99. The molecule has 0 aliphatic rings. The van der Waals surface area contributed by atoms with E-state index in [2.05, 4.69) is 15.9 Å². The molecule has 0 saturated heterocycles. The maximum atomic E-state index is 11.1. The molecule has 5 heteroatoms. The number of thiophene rings is 1. The molecule has 2 aromatic heterocycles. The van der Waals surface area contributed by atoms with Gasteiger partial charge in [0.15, 0.2) is 0 Å². The molecule has 1 atom stereocenters. The Bertz CT molecular complexity index is 504. The molecule has 0 aliphatic heterocycles. The second kappa shape index (κ2) is 4.43. The lowest BCUT2D eigenvalue weighted by molar-refractivity contribution is 0.0684. The van der Waals surface area contributed by atoms with Crippen molar-refractivity contribution in [1.82, 2.24) is 4.57 Å². The van der Waals surface area contributed by atoms with E-state index in [0.717, 1.165) is 10.0 Å². The third-order valence-corrected chi connectivity index (χ3v) is 3.61. The van der Waals surface area contributed by atoms with Crippen LogP contribution in [-0.4, -0.2) is 15.6 Å². The van der Waals surface area contributed by atoms with E-state index in [9.17, 15) is 4.79 Å². The van der Waals surface area contributed by atoms with Crippen molar-refractivity contribution in [2.75, 3.05) is 0 Å². The minimum absolute atomic E-state index is 0.0312. The quantitative estimate of drug-likeness (QED) is 0.940. The maximum absolute atomic E-state index is 11.1. The Kier molecular flexibility index (Phi) is 3.16. The summed E-state index contributed by atoms with van der Waals surface area (Å²) in [6.07, 6.45) is 1.80. The van der Waals surface area contributed by atoms with E-state index < -0.39 is 5.97 Å². The minimum atomic E-state index is -0.909. The lowest BCUT2D eigenvalue weighted by Gasteiger charge is -2.14. The molecule has 84 valence electrons. The van der Waals surface area contributed by atoms with Gasteiger partial charge < -0.3 is 9.67 Å². The maximum Gasteiger partial charge on any atom is 0.352 e. The smallest absolute Gasteiger partial charge is 0.352 e. The van der Waals surface area contributed by atoms with Crippen LogP contribution in [0.3, 0.4) is 0 Å². The fraction of sp³-hybridized carbons (Fsp3) is 0.182. The second-order valence-electron chi connectivity index (χ2n) is 3.49. The highest BCUT2D eigenvalue weighted by molar-refractivity contribution is 9.10. The zero-order chi connectivity index (χ0) is 11.7. The van der Waals surface area contributed by atoms with Crippen LogP contribution in [0.25, 0.3) is 0 Å². The van der Waals surface area contributed by atoms with Crippen molar-refractivity contribution in [3.8, 4) is 0 Å². The van der Waals surface area contributed by atoms with E-state index in [1.807, 2.05) is 23.8 Å². The molecule has 1 N–H and O–H groups in total. The largest absolute Gasteiger partial charge is 0.477 e. The highest BCUT2D eigenvalue weighted by Gasteiger charge is 2.17. The molecule has 0 fully saturated rings. The number of carboxylic acids is 1. The molecule has 0 saturated carbocycles. The molecule has 16 heavy (non-hydrogen) atoms. The van der Waals surface area contributed by atoms with Crippen molar-refractivity contribution < 1.29 is 9.90 Å². The molecule has 2 heterocycles. The van der Waals surface area contributed by atoms with E-state index in [1.165, 1.54) is 0 Å². The first-order valence-corrected chi connectivity index (χ1v) is 6.46. The minimum Gasteiger partial charge on any atom is -0.477 e. The van der Waals surface area contributed by atoms with Crippen LogP contribution in [0.2, 0.25) is 0 Å². The highest BCUT2D eigenvalue weighted by atomic mass is 79.9. The zero-order valence-electron chi connectivity index (χ0n) is 8.55. The number of aromatic carboxylic acids is 1. The molecule has 2 aromatic rings. The van der Waals surface area contributed by atoms with Gasteiger partial charge in [-0.3, -0.25) is 0 Å². The fourth-order valence-electron chi connectivity index (χ4n) is 1.61. The third-order valence-electron chi connectivity index (χ3n) is 2.48. The predicted octanol–water partition coefficient (Wildman–Crippen LogP) is 3.62. The molecule has 0 radical (unpaired) electrons. The second-order valence-corrected chi connectivity index (χ2v) is 5.18. The van der Waals surface area contributed by atoms with Gasteiger partial charge in [0.05, 0.1) is 6.04 Å². The van der Waals surface area contributed by atoms with Gasteiger partial charge in [0.25, 0.3) is 0 Å². The summed E-state index contributed by atoms with van der Waals surface area (Å²) in [5, 5.41) is 13.1. The Hall–Kier alpha value is -1.07. The molecule has 0 spiro atoms. The van der Waals surface area contributed by atoms with E-state index in [0.29, 0.717) is 5.69 Å². The zero-order valence-corrected chi connectivity index (χ0v) is 11.0. The van der Waals surface area contributed by atoms with Crippen LogP contribution in [0.15, 0.2) is 33.6 Å². The predicted molar refractivity (Wildman–Crippen MR) is 67.2 cm³/mol. The molecule has 0 aromatic carbocycles. The van der Waals surface area contributed by atoms with Crippen molar-refractivity contribution >= 4 is 33.2 Å². The molecule has 0 bridgehead atoms. The third kappa shape index (κ3) is 2.05. The average Bonchev–Trinajstić information content (AvgIpc) is 2.84. The monoisotopic (exact) mass is 299 g/mol. The summed E-state index contributed by atoms with van der Waals surface area (Å²) in [5.41, 5.74) is 1.42. The number of rotatable bonds is 3. The Morgan fingerprint density at radius 2 is 2.38 bits per heavy atom. The first-order valence-electron chi connectivity index (χ1n) is 4.72. The highest BCUT2D eigenvalue weighted by Crippen LogP contribution is 2.25. The topological polar surface area (TPSA) is 42.2 Å². The van der Waals surface area contributed by atoms with Gasteiger partial charge in [-0.05, 0) is 51.3 Å². The molecule has 3 nitrogen and oxygen atoms in total. The normalized spacial score (nSPS) is 12.6. The number of hydrogen-bond donors (Lipinski definition) is 1. The van der Waals surface area contributed by atoms with E-state index in [-0.39, 0.29) is 6.04 Å². The molecular formula is C11H10BrNO2S. The standard InChI is InChI=1S/C11H10BrNO2S/c1-7(8-2-3-16-6-8)13-5-9(12)4-10(13)11(14)15/h2-7H,1H3,(H,14,15). The number of nitrogens with zero attached hydrogens (tertiary/aromatic N) is 1. The summed E-state index contributed by atoms with van der Waals surface area (Å²) in [4.78, 5) is 11.1. The Morgan fingerprint density at radius 1 is 1.62 bits per heavy atom. The Balaban J connectivity index is 2.43. The summed E-state index contributed by atoms with van der Waals surface area (Å²) in [5.74, 6) is -0.909. The van der Waals surface area contributed by atoms with Gasteiger partial charge in [-0.1, -0.05) is 0 Å². The molecule has 2 rings (SSSR count). The SMILES string of the molecule is CC(c1ccsc1)n1cc(Br)cc1C(=O)O. The Labute approximate surface area is 105 Å². The summed E-state index contributed by atoms with van der Waals surface area (Å²) < 4.78 is 2.54. The van der Waals surface area contributed by atoms with Crippen LogP contribution in [0.5, 0.6) is 0 Å². The van der Waals surface area contributed by atoms with Crippen LogP contribution in [0.1, 0.15) is 29.0 Å². The number of aromatic nitrogens is 1. The molecule has 0 amide bonds. The first-order chi connectivity index (χ1) is 7.59. The molecular weight excluding hydrogens is 290 g/mol. The van der Waals surface area contributed by atoms with Crippen LogP contribution in [0, 0.1) is 0 Å².